The molecule has 9 heteroatoms. The fourth-order valence-electron chi connectivity index (χ4n) is 2.95. The average Bonchev–Trinajstić information content (AvgIpc) is 3.28. The molecule has 1 amide bonds. The lowest BCUT2D eigenvalue weighted by atomic mass is 10.2. The molecule has 24 heavy (non-hydrogen) atoms. The lowest BCUT2D eigenvalue weighted by Crippen LogP contribution is -2.32. The van der Waals surface area contributed by atoms with Gasteiger partial charge in [-0.05, 0) is 25.5 Å². The van der Waals surface area contributed by atoms with Gasteiger partial charge < -0.3 is 8.83 Å². The summed E-state index contributed by atoms with van der Waals surface area (Å²) in [6.07, 6.45) is 1.93. The Morgan fingerprint density at radius 3 is 2.79 bits per heavy atom. The Hall–Kier alpha value is -3.10. The molecule has 124 valence electrons. The highest BCUT2D eigenvalue weighted by Gasteiger charge is 2.38. The van der Waals surface area contributed by atoms with E-state index in [4.69, 9.17) is 8.83 Å². The van der Waals surface area contributed by atoms with E-state index in [1.807, 2.05) is 13.0 Å². The Bertz CT molecular complexity index is 949. The van der Waals surface area contributed by atoms with Crippen LogP contribution in [0.1, 0.15) is 18.2 Å². The van der Waals surface area contributed by atoms with Crippen molar-refractivity contribution in [3.8, 4) is 11.7 Å². The van der Waals surface area contributed by atoms with E-state index >= 15 is 0 Å². The molecule has 0 aromatic carbocycles. The Morgan fingerprint density at radius 2 is 2.12 bits per heavy atom. The van der Waals surface area contributed by atoms with E-state index in [0.29, 0.717) is 24.5 Å². The summed E-state index contributed by atoms with van der Waals surface area (Å²) >= 11 is 0. The predicted molar refractivity (Wildman–Crippen MR) is 82.4 cm³/mol. The van der Waals surface area contributed by atoms with Gasteiger partial charge in [-0.1, -0.05) is 0 Å². The van der Waals surface area contributed by atoms with Crippen LogP contribution in [0.4, 0.5) is 5.82 Å². The third-order valence-electron chi connectivity index (χ3n) is 4.03. The SMILES string of the molecule is Cc1cc(N2CCC(n3nc(-c4ccco4)oc3=O)C2=O)n(C)n1. The van der Waals surface area contributed by atoms with Gasteiger partial charge in [-0.15, -0.1) is 5.10 Å². The highest BCUT2D eigenvalue weighted by atomic mass is 16.4. The predicted octanol–water partition coefficient (Wildman–Crippen LogP) is 1.12. The molecule has 0 spiro atoms. The quantitative estimate of drug-likeness (QED) is 0.714. The highest BCUT2D eigenvalue weighted by molar-refractivity contribution is 5.97. The number of rotatable bonds is 3. The largest absolute Gasteiger partial charge is 0.459 e. The van der Waals surface area contributed by atoms with E-state index in [-0.39, 0.29) is 11.8 Å². The molecule has 4 heterocycles. The maximum Gasteiger partial charge on any atom is 0.438 e. The molecular weight excluding hydrogens is 314 g/mol. The van der Waals surface area contributed by atoms with Crippen molar-refractivity contribution >= 4 is 11.7 Å². The fraction of sp³-hybridized carbons (Fsp3) is 0.333. The van der Waals surface area contributed by atoms with Crippen molar-refractivity contribution in [3.63, 3.8) is 0 Å². The highest BCUT2D eigenvalue weighted by Crippen LogP contribution is 2.28. The summed E-state index contributed by atoms with van der Waals surface area (Å²) in [4.78, 5) is 26.4. The third-order valence-corrected chi connectivity index (χ3v) is 4.03. The molecule has 0 bridgehead atoms. The maximum atomic E-state index is 12.7. The lowest BCUT2D eigenvalue weighted by Gasteiger charge is -2.15. The van der Waals surface area contributed by atoms with Crippen molar-refractivity contribution in [1.29, 1.82) is 0 Å². The average molecular weight is 329 g/mol. The molecule has 9 nitrogen and oxygen atoms in total. The molecule has 1 aliphatic heterocycles. The number of furan rings is 1. The summed E-state index contributed by atoms with van der Waals surface area (Å²) in [6, 6.07) is 4.44. The Morgan fingerprint density at radius 1 is 1.29 bits per heavy atom. The number of nitrogens with zero attached hydrogens (tertiary/aromatic N) is 5. The van der Waals surface area contributed by atoms with Crippen LogP contribution in [0.3, 0.4) is 0 Å². The molecule has 0 radical (unpaired) electrons. The number of anilines is 1. The summed E-state index contributed by atoms with van der Waals surface area (Å²) in [5, 5.41) is 8.37. The number of carbonyl (C=O) groups is 1. The van der Waals surface area contributed by atoms with Gasteiger partial charge in [0.25, 0.3) is 11.8 Å². The van der Waals surface area contributed by atoms with E-state index in [1.165, 1.54) is 6.26 Å². The summed E-state index contributed by atoms with van der Waals surface area (Å²) in [5.74, 6) is 0.216. The first kappa shape index (κ1) is 14.5. The van der Waals surface area contributed by atoms with Crippen LogP contribution in [-0.2, 0) is 11.8 Å². The first-order valence-electron chi connectivity index (χ1n) is 7.50. The Labute approximate surface area is 136 Å². The fourth-order valence-corrected chi connectivity index (χ4v) is 2.95. The van der Waals surface area contributed by atoms with E-state index in [2.05, 4.69) is 10.2 Å². The summed E-state index contributed by atoms with van der Waals surface area (Å²) < 4.78 is 13.0. The molecule has 1 fully saturated rings. The van der Waals surface area contributed by atoms with Gasteiger partial charge in [-0.25, -0.2) is 4.79 Å². The molecule has 3 aromatic rings. The first-order chi connectivity index (χ1) is 11.5. The molecule has 0 saturated carbocycles. The van der Waals surface area contributed by atoms with Crippen molar-refractivity contribution in [2.45, 2.75) is 19.4 Å². The molecule has 1 aliphatic rings. The number of hydrogen-bond acceptors (Lipinski definition) is 6. The summed E-state index contributed by atoms with van der Waals surface area (Å²) in [5.41, 5.74) is 0.822. The number of aromatic nitrogens is 4. The second-order valence-corrected chi connectivity index (χ2v) is 5.66. The van der Waals surface area contributed by atoms with Crippen LogP contribution < -0.4 is 10.7 Å². The minimum Gasteiger partial charge on any atom is -0.459 e. The molecule has 1 atom stereocenters. The molecular formula is C15H15N5O4. The molecule has 1 saturated heterocycles. The normalized spacial score (nSPS) is 17.8. The van der Waals surface area contributed by atoms with Crippen LogP contribution >= 0.6 is 0 Å². The zero-order chi connectivity index (χ0) is 16.8. The number of carbonyl (C=O) groups excluding carboxylic acids is 1. The van der Waals surface area contributed by atoms with E-state index in [0.717, 1.165) is 10.4 Å². The van der Waals surface area contributed by atoms with Crippen molar-refractivity contribution in [2.75, 3.05) is 11.4 Å². The van der Waals surface area contributed by atoms with Gasteiger partial charge in [0.1, 0.15) is 11.9 Å². The smallest absolute Gasteiger partial charge is 0.438 e. The molecule has 4 rings (SSSR count). The van der Waals surface area contributed by atoms with Gasteiger partial charge in [0.15, 0.2) is 5.76 Å². The van der Waals surface area contributed by atoms with Crippen molar-refractivity contribution in [3.05, 3.63) is 40.7 Å². The maximum absolute atomic E-state index is 12.7. The van der Waals surface area contributed by atoms with Crippen LogP contribution in [0, 0.1) is 6.92 Å². The minimum atomic E-state index is -0.694. The van der Waals surface area contributed by atoms with Crippen molar-refractivity contribution < 1.29 is 13.6 Å². The van der Waals surface area contributed by atoms with Crippen molar-refractivity contribution in [1.82, 2.24) is 19.6 Å². The third kappa shape index (κ3) is 2.16. The van der Waals surface area contributed by atoms with Gasteiger partial charge in [0, 0.05) is 19.7 Å². The van der Waals surface area contributed by atoms with Gasteiger partial charge in [-0.2, -0.15) is 9.78 Å². The summed E-state index contributed by atoms with van der Waals surface area (Å²) in [6.45, 7) is 2.34. The van der Waals surface area contributed by atoms with Gasteiger partial charge in [-0.3, -0.25) is 14.4 Å². The monoisotopic (exact) mass is 329 g/mol. The Balaban J connectivity index is 1.66. The first-order valence-corrected chi connectivity index (χ1v) is 7.50. The van der Waals surface area contributed by atoms with E-state index in [1.54, 1.807) is 28.8 Å². The van der Waals surface area contributed by atoms with Gasteiger partial charge >= 0.3 is 5.76 Å². The van der Waals surface area contributed by atoms with Crippen LogP contribution in [-0.4, -0.2) is 32.0 Å². The molecule has 3 aromatic heterocycles. The van der Waals surface area contributed by atoms with E-state index in [9.17, 15) is 9.59 Å². The zero-order valence-electron chi connectivity index (χ0n) is 13.2. The van der Waals surface area contributed by atoms with Crippen LogP contribution in [0.5, 0.6) is 0 Å². The second kappa shape index (κ2) is 5.22. The standard InChI is InChI=1S/C15H15N5O4/c1-9-8-12(18(2)16-9)19-6-5-10(14(19)21)20-15(22)24-13(17-20)11-4-3-7-23-11/h3-4,7-8,10H,5-6H2,1-2H3. The zero-order valence-corrected chi connectivity index (χ0v) is 13.2. The lowest BCUT2D eigenvalue weighted by molar-refractivity contribution is -0.120. The number of aryl methyl sites for hydroxylation is 2. The van der Waals surface area contributed by atoms with Gasteiger partial charge in [0.05, 0.1) is 12.0 Å². The van der Waals surface area contributed by atoms with Crippen molar-refractivity contribution in [2.24, 2.45) is 7.05 Å². The topological polar surface area (TPSA) is 99.3 Å². The van der Waals surface area contributed by atoms with Gasteiger partial charge in [0.2, 0.25) is 0 Å². The van der Waals surface area contributed by atoms with Crippen LogP contribution in [0.15, 0.2) is 38.1 Å². The molecule has 1 unspecified atom stereocenters. The minimum absolute atomic E-state index is 0.0626. The molecule has 0 N–H and O–H groups in total. The molecule has 0 aliphatic carbocycles. The summed E-state index contributed by atoms with van der Waals surface area (Å²) in [7, 11) is 1.78. The van der Waals surface area contributed by atoms with Crippen LogP contribution in [0.2, 0.25) is 0 Å². The second-order valence-electron chi connectivity index (χ2n) is 5.66. The Kier molecular flexibility index (Phi) is 3.15. The number of amides is 1. The number of hydrogen-bond donors (Lipinski definition) is 0. The van der Waals surface area contributed by atoms with Crippen LogP contribution in [0.25, 0.3) is 11.7 Å². The van der Waals surface area contributed by atoms with E-state index < -0.39 is 11.8 Å².